The normalized spacial score (nSPS) is 20.0. The number of aromatic nitrogens is 4. The van der Waals surface area contributed by atoms with Crippen LogP contribution in [-0.2, 0) is 29.1 Å². The number of aromatic amines is 1. The summed E-state index contributed by atoms with van der Waals surface area (Å²) >= 11 is 0. The molecule has 0 saturated heterocycles. The Labute approximate surface area is 246 Å². The fraction of sp³-hybridized carbons (Fsp3) is 0.538. The number of alkyl halides is 1. The van der Waals surface area contributed by atoms with Crippen LogP contribution in [-0.4, -0.2) is 73.5 Å². The molecular formula is C26H36FN6O9P. The first kappa shape index (κ1) is 32.5. The quantitative estimate of drug-likeness (QED) is 0.136. The number of hydrogen-bond donors (Lipinski definition) is 5. The van der Waals surface area contributed by atoms with E-state index in [1.165, 1.54) is 19.1 Å². The Balaban J connectivity index is 1.56. The number of benzene rings is 1. The average Bonchev–Trinajstić information content (AvgIpc) is 3.42. The molecular weight excluding hydrogens is 590 g/mol. The summed E-state index contributed by atoms with van der Waals surface area (Å²) in [5.41, 5.74) is 1.82. The maximum absolute atomic E-state index is 16.2. The van der Waals surface area contributed by atoms with Crippen LogP contribution in [0.4, 0.5) is 10.3 Å². The number of nitrogens with two attached hydrogens (primary N) is 1. The average molecular weight is 627 g/mol. The number of imidazole rings is 1. The molecule has 0 spiro atoms. The molecule has 2 heterocycles. The fourth-order valence-electron chi connectivity index (χ4n) is 4.67. The summed E-state index contributed by atoms with van der Waals surface area (Å²) in [6.07, 6.45) is 2.56. The number of halogens is 1. The third kappa shape index (κ3) is 7.40. The molecule has 5 atom stereocenters. The lowest BCUT2D eigenvalue weighted by Gasteiger charge is -2.38. The third-order valence-electron chi connectivity index (χ3n) is 7.12. The van der Waals surface area contributed by atoms with Crippen molar-refractivity contribution in [2.75, 3.05) is 19.5 Å². The van der Waals surface area contributed by atoms with Crippen molar-refractivity contribution >= 4 is 30.8 Å². The summed E-state index contributed by atoms with van der Waals surface area (Å²) in [6.45, 7) is 1.14. The van der Waals surface area contributed by atoms with Gasteiger partial charge in [-0.25, -0.2) is 13.9 Å². The molecule has 6 N–H and O–H groups in total. The number of aliphatic hydroxyl groups excluding tert-OH is 1. The van der Waals surface area contributed by atoms with Crippen LogP contribution in [0, 0.1) is 0 Å². The number of rotatable bonds is 13. The molecule has 3 aromatic rings. The number of para-hydroxylation sites is 1. The van der Waals surface area contributed by atoms with Gasteiger partial charge in [0, 0.05) is 7.11 Å². The van der Waals surface area contributed by atoms with Crippen molar-refractivity contribution in [2.24, 2.45) is 0 Å². The molecule has 4 rings (SSSR count). The third-order valence-corrected chi connectivity index (χ3v) is 8.74. The zero-order valence-corrected chi connectivity index (χ0v) is 24.8. The van der Waals surface area contributed by atoms with Gasteiger partial charge < -0.3 is 29.9 Å². The molecule has 1 aromatic carbocycles. The summed E-state index contributed by atoms with van der Waals surface area (Å²) in [6, 6.07) is 6.60. The summed E-state index contributed by atoms with van der Waals surface area (Å²) in [5.74, 6) is -4.19. The van der Waals surface area contributed by atoms with Gasteiger partial charge >= 0.3 is 13.7 Å². The first-order valence-electron chi connectivity index (χ1n) is 13.6. The molecule has 0 amide bonds. The largest absolute Gasteiger partial charge is 0.461 e. The Morgan fingerprint density at radius 2 is 1.98 bits per heavy atom. The van der Waals surface area contributed by atoms with Crippen LogP contribution >= 0.6 is 7.75 Å². The van der Waals surface area contributed by atoms with Crippen LogP contribution in [0.15, 0.2) is 41.5 Å². The topological polar surface area (TPSA) is 213 Å². The van der Waals surface area contributed by atoms with Crippen LogP contribution in [0.5, 0.6) is 5.75 Å². The fourth-order valence-corrected chi connectivity index (χ4v) is 6.17. The number of anilines is 1. The predicted octanol–water partition coefficient (Wildman–Crippen LogP) is 2.10. The second kappa shape index (κ2) is 13.1. The van der Waals surface area contributed by atoms with E-state index in [0.29, 0.717) is 12.8 Å². The molecule has 0 bridgehead atoms. The van der Waals surface area contributed by atoms with Gasteiger partial charge in [-0.15, -0.1) is 0 Å². The minimum atomic E-state index is -4.58. The van der Waals surface area contributed by atoms with E-state index < -0.39 is 49.6 Å². The van der Waals surface area contributed by atoms with Crippen molar-refractivity contribution < 1.29 is 42.5 Å². The van der Waals surface area contributed by atoms with Gasteiger partial charge in [-0.3, -0.25) is 23.7 Å². The molecule has 3 unspecified atom stereocenters. The smallest absolute Gasteiger partial charge is 0.459 e. The van der Waals surface area contributed by atoms with Crippen molar-refractivity contribution in [1.82, 2.24) is 24.6 Å². The number of nitrogens with one attached hydrogen (secondary N) is 2. The van der Waals surface area contributed by atoms with Crippen molar-refractivity contribution in [3.63, 3.8) is 0 Å². The lowest BCUT2D eigenvalue weighted by molar-refractivity contribution is -0.271. The van der Waals surface area contributed by atoms with E-state index in [1.807, 2.05) is 0 Å². The van der Waals surface area contributed by atoms with E-state index >= 15 is 4.39 Å². The van der Waals surface area contributed by atoms with E-state index in [-0.39, 0.29) is 29.0 Å². The first-order valence-corrected chi connectivity index (χ1v) is 15.2. The van der Waals surface area contributed by atoms with Crippen molar-refractivity contribution in [2.45, 2.75) is 75.8 Å². The SMILES string of the molecule is CO[C@](F)(COP(=O)(NC(C)C(=O)OC1CCCCC1)Oc1ccccc1)[C@@H](O)C(C)(O)n1cnc2c(=O)[nH]c(N)nc21. The van der Waals surface area contributed by atoms with Gasteiger partial charge in [-0.1, -0.05) is 24.6 Å². The molecule has 236 valence electrons. The Morgan fingerprint density at radius 3 is 2.63 bits per heavy atom. The van der Waals surface area contributed by atoms with E-state index in [2.05, 4.69) is 20.0 Å². The van der Waals surface area contributed by atoms with Crippen LogP contribution in [0.2, 0.25) is 0 Å². The summed E-state index contributed by atoms with van der Waals surface area (Å²) in [5, 5.41) is 24.8. The van der Waals surface area contributed by atoms with Gasteiger partial charge in [0.2, 0.25) is 5.95 Å². The Kier molecular flexibility index (Phi) is 9.89. The molecule has 1 aliphatic carbocycles. The molecule has 15 nitrogen and oxygen atoms in total. The molecule has 1 aliphatic rings. The highest BCUT2D eigenvalue weighted by Crippen LogP contribution is 2.47. The number of ether oxygens (including phenoxy) is 2. The van der Waals surface area contributed by atoms with E-state index in [4.69, 9.17) is 24.3 Å². The molecule has 0 radical (unpaired) electrons. The second-order valence-electron chi connectivity index (χ2n) is 10.4. The van der Waals surface area contributed by atoms with Crippen molar-refractivity contribution in [1.29, 1.82) is 0 Å². The minimum absolute atomic E-state index is 0.0689. The van der Waals surface area contributed by atoms with E-state index in [0.717, 1.165) is 44.2 Å². The molecule has 2 aromatic heterocycles. The highest BCUT2D eigenvalue weighted by atomic mass is 31.2. The molecule has 1 fully saturated rings. The highest BCUT2D eigenvalue weighted by molar-refractivity contribution is 7.52. The lowest BCUT2D eigenvalue weighted by atomic mass is 9.98. The maximum atomic E-state index is 16.2. The van der Waals surface area contributed by atoms with Gasteiger partial charge in [0.15, 0.2) is 23.0 Å². The minimum Gasteiger partial charge on any atom is -0.461 e. The number of aliphatic hydroxyl groups is 2. The van der Waals surface area contributed by atoms with Gasteiger partial charge in [-0.2, -0.15) is 10.1 Å². The number of fused-ring (bicyclic) bond motifs is 1. The number of carbonyl (C=O) groups is 1. The lowest BCUT2D eigenvalue weighted by Crippen LogP contribution is -2.57. The second-order valence-corrected chi connectivity index (χ2v) is 12.1. The number of carbonyl (C=O) groups excluding carboxylic acids is 1. The summed E-state index contributed by atoms with van der Waals surface area (Å²) in [7, 11) is -3.69. The standard InChI is InChI=1S/C26H36FN6O9P/c1-16(22(35)41-17-10-6-4-7-11-17)32-43(38,42-18-12-8-5-9-13-18)40-14-26(27,39-3)23(36)25(2,37)33-15-29-19-20(33)30-24(28)31-21(19)34/h5,8-9,12-13,15-17,23,36-37H,4,6-7,10-11,14H2,1-3H3,(H,32,38)(H3,28,30,31,34)/t16?,23-,25?,26+,43?/m0/s1. The number of esters is 1. The number of methoxy groups -OCH3 is 1. The van der Waals surface area contributed by atoms with Gasteiger partial charge in [0.1, 0.15) is 24.5 Å². The van der Waals surface area contributed by atoms with Crippen LogP contribution in [0.25, 0.3) is 11.2 Å². The van der Waals surface area contributed by atoms with Crippen LogP contribution in [0.1, 0.15) is 46.0 Å². The van der Waals surface area contributed by atoms with Gasteiger partial charge in [0.05, 0.1) is 6.33 Å². The zero-order chi connectivity index (χ0) is 31.4. The molecule has 0 aliphatic heterocycles. The number of nitrogens with zero attached hydrogens (tertiary/aromatic N) is 3. The van der Waals surface area contributed by atoms with Crippen LogP contribution in [0.3, 0.4) is 0 Å². The number of nitrogen functional groups attached to an aromatic ring is 1. The number of hydrogen-bond acceptors (Lipinski definition) is 12. The van der Waals surface area contributed by atoms with Crippen molar-refractivity contribution in [3.05, 3.63) is 47.0 Å². The predicted molar refractivity (Wildman–Crippen MR) is 151 cm³/mol. The summed E-state index contributed by atoms with van der Waals surface area (Å²) in [4.78, 5) is 35.0. The summed E-state index contributed by atoms with van der Waals surface area (Å²) < 4.78 is 52.3. The zero-order valence-electron chi connectivity index (χ0n) is 23.9. The Hall–Kier alpha value is -3.40. The van der Waals surface area contributed by atoms with Gasteiger partial charge in [0.25, 0.3) is 11.4 Å². The monoisotopic (exact) mass is 626 g/mol. The van der Waals surface area contributed by atoms with E-state index in [9.17, 15) is 24.4 Å². The number of H-pyrrole nitrogens is 1. The Morgan fingerprint density at radius 1 is 1.30 bits per heavy atom. The van der Waals surface area contributed by atoms with Gasteiger partial charge in [-0.05, 0) is 51.7 Å². The van der Waals surface area contributed by atoms with Crippen molar-refractivity contribution in [3.8, 4) is 5.75 Å². The molecule has 17 heteroatoms. The Bertz CT molecular complexity index is 1510. The maximum Gasteiger partial charge on any atom is 0.459 e. The van der Waals surface area contributed by atoms with Crippen LogP contribution < -0.4 is 20.9 Å². The van der Waals surface area contributed by atoms with E-state index in [1.54, 1.807) is 18.2 Å². The molecule has 1 saturated carbocycles. The first-order chi connectivity index (χ1) is 20.3. The molecule has 43 heavy (non-hydrogen) atoms. The highest BCUT2D eigenvalue weighted by Gasteiger charge is 2.52.